The summed E-state index contributed by atoms with van der Waals surface area (Å²) >= 11 is 9.48. The highest BCUT2D eigenvalue weighted by Gasteiger charge is 2.09. The van der Waals surface area contributed by atoms with Crippen LogP contribution in [0.2, 0.25) is 5.02 Å². The van der Waals surface area contributed by atoms with Crippen molar-refractivity contribution in [2.45, 2.75) is 13.0 Å². The minimum absolute atomic E-state index is 0.141. The monoisotopic (exact) mass is 339 g/mol. The molecular weight excluding hydrogens is 326 g/mol. The predicted molar refractivity (Wildman–Crippen MR) is 84.2 cm³/mol. The standard InChI is InChI=1S/C15H15BrClNO/c1-10(11-4-3-5-13(17)8-11)18-14-9-12(16)6-7-15(14)19-2/h3-10,18H,1-2H3. The quantitative estimate of drug-likeness (QED) is 0.817. The van der Waals surface area contributed by atoms with Crippen LogP contribution in [0.5, 0.6) is 5.75 Å². The first kappa shape index (κ1) is 14.2. The average molecular weight is 341 g/mol. The molecule has 2 nitrogen and oxygen atoms in total. The normalized spacial score (nSPS) is 12.0. The van der Waals surface area contributed by atoms with Gasteiger partial charge in [0.2, 0.25) is 0 Å². The van der Waals surface area contributed by atoms with Crippen LogP contribution in [0.3, 0.4) is 0 Å². The topological polar surface area (TPSA) is 21.3 Å². The second kappa shape index (κ2) is 6.31. The number of anilines is 1. The highest BCUT2D eigenvalue weighted by molar-refractivity contribution is 9.10. The van der Waals surface area contributed by atoms with Crippen LogP contribution in [-0.2, 0) is 0 Å². The molecule has 2 rings (SSSR count). The van der Waals surface area contributed by atoms with Crippen LogP contribution in [0.4, 0.5) is 5.69 Å². The minimum Gasteiger partial charge on any atom is -0.495 e. The van der Waals surface area contributed by atoms with Crippen molar-refractivity contribution in [1.82, 2.24) is 0 Å². The summed E-state index contributed by atoms with van der Waals surface area (Å²) in [5.74, 6) is 0.817. The Labute approximate surface area is 126 Å². The summed E-state index contributed by atoms with van der Waals surface area (Å²) in [6.07, 6.45) is 0. The Kier molecular flexibility index (Phi) is 4.72. The molecule has 4 heteroatoms. The molecule has 0 heterocycles. The van der Waals surface area contributed by atoms with Crippen molar-refractivity contribution >= 4 is 33.2 Å². The van der Waals surface area contributed by atoms with E-state index in [2.05, 4.69) is 28.2 Å². The zero-order chi connectivity index (χ0) is 13.8. The zero-order valence-electron chi connectivity index (χ0n) is 10.8. The van der Waals surface area contributed by atoms with Crippen molar-refractivity contribution in [3.8, 4) is 5.75 Å². The average Bonchev–Trinajstić information content (AvgIpc) is 2.39. The smallest absolute Gasteiger partial charge is 0.142 e. The van der Waals surface area contributed by atoms with E-state index >= 15 is 0 Å². The molecule has 1 unspecified atom stereocenters. The fourth-order valence-electron chi connectivity index (χ4n) is 1.89. The molecule has 2 aromatic carbocycles. The van der Waals surface area contributed by atoms with E-state index in [1.807, 2.05) is 42.5 Å². The van der Waals surface area contributed by atoms with Crippen molar-refractivity contribution in [1.29, 1.82) is 0 Å². The Hall–Kier alpha value is -1.19. The molecule has 0 aliphatic carbocycles. The molecule has 0 amide bonds. The van der Waals surface area contributed by atoms with E-state index in [-0.39, 0.29) is 6.04 Å². The van der Waals surface area contributed by atoms with E-state index < -0.39 is 0 Å². The summed E-state index contributed by atoms with van der Waals surface area (Å²) < 4.78 is 6.36. The van der Waals surface area contributed by atoms with E-state index in [4.69, 9.17) is 16.3 Å². The van der Waals surface area contributed by atoms with Crippen molar-refractivity contribution < 1.29 is 4.74 Å². The molecule has 100 valence electrons. The number of ether oxygens (including phenoxy) is 1. The van der Waals surface area contributed by atoms with Gasteiger partial charge in [-0.15, -0.1) is 0 Å². The van der Waals surface area contributed by atoms with Gasteiger partial charge in [-0.05, 0) is 42.8 Å². The number of nitrogens with one attached hydrogen (secondary N) is 1. The number of hydrogen-bond donors (Lipinski definition) is 1. The lowest BCUT2D eigenvalue weighted by atomic mass is 10.1. The predicted octanol–water partition coefficient (Wildman–Crippen LogP) is 5.28. The lowest BCUT2D eigenvalue weighted by molar-refractivity contribution is 0.416. The Balaban J connectivity index is 2.23. The van der Waals surface area contributed by atoms with Crippen molar-refractivity contribution in [2.24, 2.45) is 0 Å². The molecule has 1 N–H and O–H groups in total. The fraction of sp³-hybridized carbons (Fsp3) is 0.200. The second-order valence-corrected chi connectivity index (χ2v) is 5.62. The third-order valence-corrected chi connectivity index (χ3v) is 3.61. The van der Waals surface area contributed by atoms with Gasteiger partial charge in [-0.3, -0.25) is 0 Å². The molecule has 19 heavy (non-hydrogen) atoms. The maximum atomic E-state index is 6.02. The van der Waals surface area contributed by atoms with Crippen LogP contribution < -0.4 is 10.1 Å². The first-order valence-corrected chi connectivity index (χ1v) is 7.13. The van der Waals surface area contributed by atoms with Gasteiger partial charge >= 0.3 is 0 Å². The SMILES string of the molecule is COc1ccc(Br)cc1NC(C)c1cccc(Cl)c1. The van der Waals surface area contributed by atoms with Gasteiger partial charge in [0.15, 0.2) is 0 Å². The molecule has 0 aliphatic rings. The summed E-state index contributed by atoms with van der Waals surface area (Å²) in [6.45, 7) is 2.09. The third kappa shape index (κ3) is 3.64. The van der Waals surface area contributed by atoms with E-state index in [0.29, 0.717) is 0 Å². The largest absolute Gasteiger partial charge is 0.495 e. The second-order valence-electron chi connectivity index (χ2n) is 4.27. The Morgan fingerprint density at radius 2 is 2.00 bits per heavy atom. The van der Waals surface area contributed by atoms with Gasteiger partial charge in [-0.2, -0.15) is 0 Å². The van der Waals surface area contributed by atoms with Crippen LogP contribution in [0.25, 0.3) is 0 Å². The van der Waals surface area contributed by atoms with Crippen LogP contribution in [0.15, 0.2) is 46.9 Å². The maximum absolute atomic E-state index is 6.02. The van der Waals surface area contributed by atoms with Gasteiger partial charge in [-0.25, -0.2) is 0 Å². The van der Waals surface area contributed by atoms with Gasteiger partial charge < -0.3 is 10.1 Å². The van der Waals surface area contributed by atoms with Gasteiger partial charge in [0, 0.05) is 15.5 Å². The van der Waals surface area contributed by atoms with Gasteiger partial charge in [0.25, 0.3) is 0 Å². The molecule has 0 aliphatic heterocycles. The summed E-state index contributed by atoms with van der Waals surface area (Å²) in [5.41, 5.74) is 2.08. The molecule has 0 bridgehead atoms. The third-order valence-electron chi connectivity index (χ3n) is 2.88. The fourth-order valence-corrected chi connectivity index (χ4v) is 2.45. The molecule has 1 atom stereocenters. The maximum Gasteiger partial charge on any atom is 0.142 e. The number of rotatable bonds is 4. The summed E-state index contributed by atoms with van der Waals surface area (Å²) in [6, 6.07) is 13.9. The lowest BCUT2D eigenvalue weighted by Gasteiger charge is -2.18. The van der Waals surface area contributed by atoms with E-state index in [9.17, 15) is 0 Å². The Morgan fingerprint density at radius 1 is 1.21 bits per heavy atom. The highest BCUT2D eigenvalue weighted by atomic mass is 79.9. The van der Waals surface area contributed by atoms with E-state index in [1.165, 1.54) is 0 Å². The molecule has 2 aromatic rings. The highest BCUT2D eigenvalue weighted by Crippen LogP contribution is 2.31. The van der Waals surface area contributed by atoms with Gasteiger partial charge in [0.05, 0.1) is 12.8 Å². The summed E-state index contributed by atoms with van der Waals surface area (Å²) in [4.78, 5) is 0. The van der Waals surface area contributed by atoms with Crippen LogP contribution >= 0.6 is 27.5 Å². The zero-order valence-corrected chi connectivity index (χ0v) is 13.1. The molecule has 0 aromatic heterocycles. The lowest BCUT2D eigenvalue weighted by Crippen LogP contribution is -2.07. The van der Waals surface area contributed by atoms with Gasteiger partial charge in [-0.1, -0.05) is 39.7 Å². The summed E-state index contributed by atoms with van der Waals surface area (Å²) in [5, 5.41) is 4.18. The van der Waals surface area contributed by atoms with Crippen LogP contribution in [0, 0.1) is 0 Å². The molecule has 0 fully saturated rings. The minimum atomic E-state index is 0.141. The van der Waals surface area contributed by atoms with Crippen LogP contribution in [-0.4, -0.2) is 7.11 Å². The molecular formula is C15H15BrClNO. The van der Waals surface area contributed by atoms with Gasteiger partial charge in [0.1, 0.15) is 5.75 Å². The summed E-state index contributed by atoms with van der Waals surface area (Å²) in [7, 11) is 1.67. The van der Waals surface area contributed by atoms with Crippen LogP contribution in [0.1, 0.15) is 18.5 Å². The molecule has 0 spiro atoms. The first-order valence-electron chi connectivity index (χ1n) is 5.95. The number of hydrogen-bond acceptors (Lipinski definition) is 2. The van der Waals surface area contributed by atoms with Crippen molar-refractivity contribution in [3.63, 3.8) is 0 Å². The van der Waals surface area contributed by atoms with E-state index in [0.717, 1.165) is 26.5 Å². The molecule has 0 saturated carbocycles. The molecule has 0 saturated heterocycles. The first-order chi connectivity index (χ1) is 9.10. The number of methoxy groups -OCH3 is 1. The Morgan fingerprint density at radius 3 is 2.68 bits per heavy atom. The Bertz CT molecular complexity index is 574. The van der Waals surface area contributed by atoms with Crippen molar-refractivity contribution in [2.75, 3.05) is 12.4 Å². The number of halogens is 2. The number of benzene rings is 2. The van der Waals surface area contributed by atoms with Crippen molar-refractivity contribution in [3.05, 3.63) is 57.5 Å². The molecule has 0 radical (unpaired) electrons. The van der Waals surface area contributed by atoms with E-state index in [1.54, 1.807) is 7.11 Å².